The number of hydrogen-bond donors (Lipinski definition) is 0. The minimum Gasteiger partial charge on any atom is -0.485 e. The molecule has 18 heavy (non-hydrogen) atoms. The lowest BCUT2D eigenvalue weighted by Crippen LogP contribution is -1.97. The Hall–Kier alpha value is -1.39. The van der Waals surface area contributed by atoms with Crippen LogP contribution in [0.5, 0.6) is 5.75 Å². The van der Waals surface area contributed by atoms with Crippen LogP contribution >= 0.6 is 22.9 Å². The molecule has 94 valence electrons. The van der Waals surface area contributed by atoms with Gasteiger partial charge >= 0.3 is 0 Å². The Kier molecular flexibility index (Phi) is 3.99. The van der Waals surface area contributed by atoms with Gasteiger partial charge in [0.05, 0.1) is 5.02 Å². The number of aromatic nitrogens is 1. The molecule has 2 rings (SSSR count). The fraction of sp³-hybridized carbons (Fsp3) is 0.231. The first kappa shape index (κ1) is 13.1. The molecule has 0 amide bonds. The van der Waals surface area contributed by atoms with Gasteiger partial charge in [0.25, 0.3) is 0 Å². The first-order valence-corrected chi connectivity index (χ1v) is 6.66. The topological polar surface area (TPSA) is 39.2 Å². The highest BCUT2D eigenvalue weighted by atomic mass is 35.5. The summed E-state index contributed by atoms with van der Waals surface area (Å²) in [6.45, 7) is 3.83. The van der Waals surface area contributed by atoms with Gasteiger partial charge in [0.15, 0.2) is 5.78 Å². The van der Waals surface area contributed by atoms with Crippen molar-refractivity contribution in [2.45, 2.75) is 20.5 Å². The van der Waals surface area contributed by atoms with Gasteiger partial charge in [-0.25, -0.2) is 4.98 Å². The maximum atomic E-state index is 11.2. The Labute approximate surface area is 114 Å². The number of benzene rings is 1. The fourth-order valence-corrected chi connectivity index (χ4v) is 2.36. The second-order valence-corrected chi connectivity index (χ2v) is 5.22. The highest BCUT2D eigenvalue weighted by Gasteiger charge is 2.07. The highest BCUT2D eigenvalue weighted by molar-refractivity contribution is 7.09. The number of carbonyl (C=O) groups excluding carboxylic acids is 1. The third kappa shape index (κ3) is 3.09. The maximum absolute atomic E-state index is 11.2. The number of carbonyl (C=O) groups is 1. The molecule has 0 aliphatic heterocycles. The Morgan fingerprint density at radius 3 is 2.83 bits per heavy atom. The zero-order chi connectivity index (χ0) is 13.1. The van der Waals surface area contributed by atoms with Crippen LogP contribution in [0.25, 0.3) is 0 Å². The molecular formula is C13H12ClNO2S. The average molecular weight is 282 g/mol. The minimum atomic E-state index is -0.0148. The molecule has 1 aromatic carbocycles. The molecule has 0 bridgehead atoms. The third-order valence-corrected chi connectivity index (χ3v) is 3.59. The Morgan fingerprint density at radius 1 is 1.50 bits per heavy atom. The number of thiazole rings is 1. The van der Waals surface area contributed by atoms with Crippen LogP contribution in [-0.2, 0) is 6.61 Å². The molecule has 0 aliphatic rings. The number of halogens is 1. The van der Waals surface area contributed by atoms with Crippen molar-refractivity contribution in [2.75, 3.05) is 0 Å². The van der Waals surface area contributed by atoms with Crippen LogP contribution in [0.2, 0.25) is 5.02 Å². The van der Waals surface area contributed by atoms with E-state index in [0.29, 0.717) is 22.9 Å². The van der Waals surface area contributed by atoms with E-state index in [1.807, 2.05) is 12.3 Å². The van der Waals surface area contributed by atoms with Crippen molar-refractivity contribution in [1.82, 2.24) is 4.98 Å². The highest BCUT2D eigenvalue weighted by Crippen LogP contribution is 2.26. The molecule has 0 unspecified atom stereocenters. The summed E-state index contributed by atoms with van der Waals surface area (Å²) in [6, 6.07) is 5.03. The van der Waals surface area contributed by atoms with Gasteiger partial charge in [-0.05, 0) is 32.0 Å². The van der Waals surface area contributed by atoms with E-state index in [2.05, 4.69) is 4.98 Å². The number of hydrogen-bond acceptors (Lipinski definition) is 4. The van der Waals surface area contributed by atoms with Gasteiger partial charge in [0.2, 0.25) is 0 Å². The fourth-order valence-electron chi connectivity index (χ4n) is 1.45. The van der Waals surface area contributed by atoms with Gasteiger partial charge in [-0.1, -0.05) is 11.6 Å². The van der Waals surface area contributed by atoms with Gasteiger partial charge in [-0.15, -0.1) is 11.3 Å². The lowest BCUT2D eigenvalue weighted by atomic mass is 10.1. The first-order chi connectivity index (χ1) is 8.56. The van der Waals surface area contributed by atoms with Crippen molar-refractivity contribution in [3.8, 4) is 5.75 Å². The van der Waals surface area contributed by atoms with Crippen molar-refractivity contribution < 1.29 is 9.53 Å². The molecule has 1 heterocycles. The summed E-state index contributed by atoms with van der Waals surface area (Å²) in [5, 5.41) is 3.31. The van der Waals surface area contributed by atoms with Crippen LogP contribution in [0.1, 0.15) is 28.0 Å². The zero-order valence-corrected chi connectivity index (χ0v) is 11.6. The summed E-state index contributed by atoms with van der Waals surface area (Å²) >= 11 is 7.60. The van der Waals surface area contributed by atoms with Crippen LogP contribution in [0.3, 0.4) is 0 Å². The molecule has 0 saturated carbocycles. The first-order valence-electron chi connectivity index (χ1n) is 5.40. The number of ketones is 1. The van der Waals surface area contributed by atoms with Crippen LogP contribution in [0, 0.1) is 6.92 Å². The van der Waals surface area contributed by atoms with E-state index in [1.165, 1.54) is 6.92 Å². The molecule has 0 atom stereocenters. The number of rotatable bonds is 4. The van der Waals surface area contributed by atoms with Crippen molar-refractivity contribution in [3.63, 3.8) is 0 Å². The van der Waals surface area contributed by atoms with E-state index in [9.17, 15) is 4.79 Å². The van der Waals surface area contributed by atoms with Gasteiger partial charge in [-0.2, -0.15) is 0 Å². The van der Waals surface area contributed by atoms with E-state index < -0.39 is 0 Å². The number of aryl methyl sites for hydroxylation is 1. The lowest BCUT2D eigenvalue weighted by molar-refractivity contribution is 0.101. The molecule has 0 aliphatic carbocycles. The van der Waals surface area contributed by atoms with Gasteiger partial charge in [-0.3, -0.25) is 4.79 Å². The SMILES string of the molecule is CC(=O)c1ccc(OCc2nc(C)cs2)c(Cl)c1. The van der Waals surface area contributed by atoms with E-state index in [0.717, 1.165) is 10.7 Å². The Balaban J connectivity index is 2.08. The largest absolute Gasteiger partial charge is 0.485 e. The van der Waals surface area contributed by atoms with E-state index in [1.54, 1.807) is 29.5 Å². The monoisotopic (exact) mass is 281 g/mol. The number of ether oxygens (including phenoxy) is 1. The summed E-state index contributed by atoms with van der Waals surface area (Å²) in [7, 11) is 0. The molecule has 5 heteroatoms. The van der Waals surface area contributed by atoms with E-state index in [-0.39, 0.29) is 5.78 Å². The Morgan fingerprint density at radius 2 is 2.28 bits per heavy atom. The zero-order valence-electron chi connectivity index (χ0n) is 10.1. The molecule has 0 saturated heterocycles. The third-order valence-electron chi connectivity index (χ3n) is 2.36. The normalized spacial score (nSPS) is 10.4. The second kappa shape index (κ2) is 5.50. The molecule has 0 N–H and O–H groups in total. The Bertz CT molecular complexity index is 580. The van der Waals surface area contributed by atoms with Crippen molar-refractivity contribution >= 4 is 28.7 Å². The van der Waals surface area contributed by atoms with Gasteiger partial charge in [0.1, 0.15) is 17.4 Å². The van der Waals surface area contributed by atoms with Crippen molar-refractivity contribution in [1.29, 1.82) is 0 Å². The maximum Gasteiger partial charge on any atom is 0.159 e. The quantitative estimate of drug-likeness (QED) is 0.798. The predicted octanol–water partition coefficient (Wildman–Crippen LogP) is 3.89. The smallest absolute Gasteiger partial charge is 0.159 e. The van der Waals surface area contributed by atoms with Crippen LogP contribution < -0.4 is 4.74 Å². The van der Waals surface area contributed by atoms with E-state index >= 15 is 0 Å². The van der Waals surface area contributed by atoms with Gasteiger partial charge in [0, 0.05) is 16.6 Å². The van der Waals surface area contributed by atoms with Gasteiger partial charge < -0.3 is 4.74 Å². The minimum absolute atomic E-state index is 0.0148. The number of Topliss-reactive ketones (excluding diaryl/α,β-unsaturated/α-hetero) is 1. The molecule has 2 aromatic rings. The second-order valence-electron chi connectivity index (χ2n) is 3.87. The average Bonchev–Trinajstić information content (AvgIpc) is 2.73. The standard InChI is InChI=1S/C13H12ClNO2S/c1-8-7-18-13(15-8)6-17-12-4-3-10(9(2)16)5-11(12)14/h3-5,7H,6H2,1-2H3. The molecule has 0 radical (unpaired) electrons. The van der Waals surface area contributed by atoms with Crippen molar-refractivity contribution in [2.24, 2.45) is 0 Å². The van der Waals surface area contributed by atoms with Crippen molar-refractivity contribution in [3.05, 3.63) is 44.9 Å². The molecular weight excluding hydrogens is 270 g/mol. The van der Waals surface area contributed by atoms with Crippen LogP contribution in [-0.4, -0.2) is 10.8 Å². The predicted molar refractivity (Wildman–Crippen MR) is 72.6 cm³/mol. The summed E-state index contributed by atoms with van der Waals surface area (Å²) in [5.74, 6) is 0.550. The van der Waals surface area contributed by atoms with Crippen LogP contribution in [0.4, 0.5) is 0 Å². The number of nitrogens with zero attached hydrogens (tertiary/aromatic N) is 1. The molecule has 3 nitrogen and oxygen atoms in total. The summed E-state index contributed by atoms with van der Waals surface area (Å²) < 4.78 is 5.58. The summed E-state index contributed by atoms with van der Waals surface area (Å²) in [5.41, 5.74) is 1.56. The lowest BCUT2D eigenvalue weighted by Gasteiger charge is -2.07. The molecule has 1 aromatic heterocycles. The summed E-state index contributed by atoms with van der Waals surface area (Å²) in [6.07, 6.45) is 0. The summed E-state index contributed by atoms with van der Waals surface area (Å²) in [4.78, 5) is 15.5. The molecule has 0 fully saturated rings. The van der Waals surface area contributed by atoms with Crippen LogP contribution in [0.15, 0.2) is 23.6 Å². The van der Waals surface area contributed by atoms with E-state index in [4.69, 9.17) is 16.3 Å². The molecule has 0 spiro atoms.